The topological polar surface area (TPSA) is 30.7 Å². The van der Waals surface area contributed by atoms with Crippen molar-refractivity contribution in [3.05, 3.63) is 115 Å². The lowest BCUT2D eigenvalue weighted by atomic mass is 9.96. The van der Waals surface area contributed by atoms with Crippen LogP contribution < -0.4 is 0 Å². The minimum absolute atomic E-state index is 0.428. The van der Waals surface area contributed by atoms with Crippen LogP contribution in [0.4, 0.5) is 4.39 Å². The molecule has 0 aliphatic carbocycles. The molecule has 0 N–H and O–H groups in total. The van der Waals surface area contributed by atoms with Crippen LogP contribution in [0.25, 0.3) is 39.3 Å². The van der Waals surface area contributed by atoms with Crippen LogP contribution in [-0.2, 0) is 0 Å². The van der Waals surface area contributed by atoms with Gasteiger partial charge in [0.15, 0.2) is 0 Å². The SMILES string of the molecule is Fc1ncccc1-c1c(-c2ccccc2)nn(-c2ccccc2)c1-c1ccccc1. The normalized spacial score (nSPS) is 10.8. The average Bonchev–Trinajstić information content (AvgIpc) is 3.21. The Labute approximate surface area is 174 Å². The highest BCUT2D eigenvalue weighted by atomic mass is 19.1. The van der Waals surface area contributed by atoms with E-state index >= 15 is 0 Å². The molecule has 4 heteroatoms. The molecular formula is C26H18FN3. The lowest BCUT2D eigenvalue weighted by Crippen LogP contribution is -1.99. The van der Waals surface area contributed by atoms with Crippen molar-refractivity contribution in [1.82, 2.24) is 14.8 Å². The quantitative estimate of drug-likeness (QED) is 0.332. The number of rotatable bonds is 4. The second kappa shape index (κ2) is 7.76. The molecule has 30 heavy (non-hydrogen) atoms. The van der Waals surface area contributed by atoms with E-state index in [9.17, 15) is 4.39 Å². The van der Waals surface area contributed by atoms with Gasteiger partial charge >= 0.3 is 0 Å². The molecular weight excluding hydrogens is 373 g/mol. The molecule has 0 unspecified atom stereocenters. The van der Waals surface area contributed by atoms with Crippen molar-refractivity contribution < 1.29 is 4.39 Å². The van der Waals surface area contributed by atoms with Gasteiger partial charge < -0.3 is 0 Å². The van der Waals surface area contributed by atoms with Gasteiger partial charge in [-0.15, -0.1) is 0 Å². The van der Waals surface area contributed by atoms with E-state index in [2.05, 4.69) is 4.98 Å². The maximum absolute atomic E-state index is 14.9. The van der Waals surface area contributed by atoms with Gasteiger partial charge in [0, 0.05) is 28.5 Å². The molecule has 2 aromatic heterocycles. The van der Waals surface area contributed by atoms with Crippen LogP contribution in [-0.4, -0.2) is 14.8 Å². The molecule has 3 nitrogen and oxygen atoms in total. The summed E-state index contributed by atoms with van der Waals surface area (Å²) in [5, 5.41) is 4.97. The van der Waals surface area contributed by atoms with Crippen molar-refractivity contribution in [3.8, 4) is 39.3 Å². The first-order valence-electron chi connectivity index (χ1n) is 9.73. The van der Waals surface area contributed by atoms with Crippen molar-refractivity contribution in [2.24, 2.45) is 0 Å². The number of para-hydroxylation sites is 1. The summed E-state index contributed by atoms with van der Waals surface area (Å²) in [6.45, 7) is 0. The lowest BCUT2D eigenvalue weighted by Gasteiger charge is -2.11. The number of halogens is 1. The van der Waals surface area contributed by atoms with Crippen LogP contribution in [0.5, 0.6) is 0 Å². The van der Waals surface area contributed by atoms with Crippen LogP contribution in [0.15, 0.2) is 109 Å². The van der Waals surface area contributed by atoms with E-state index in [1.165, 1.54) is 6.20 Å². The molecule has 3 aromatic carbocycles. The fourth-order valence-electron chi connectivity index (χ4n) is 3.66. The summed E-state index contributed by atoms with van der Waals surface area (Å²) >= 11 is 0. The molecule has 0 amide bonds. The van der Waals surface area contributed by atoms with Gasteiger partial charge in [0.05, 0.1) is 11.4 Å². The number of benzene rings is 3. The van der Waals surface area contributed by atoms with Crippen LogP contribution in [0.3, 0.4) is 0 Å². The fourth-order valence-corrected chi connectivity index (χ4v) is 3.66. The Bertz CT molecular complexity index is 1280. The molecule has 5 aromatic rings. The standard InChI is InChI=1S/C26H18FN3/c27-26-22(17-10-18-28-26)23-24(19-11-4-1-5-12-19)29-30(21-15-8-3-9-16-21)25(23)20-13-6-2-7-14-20/h1-18H. The monoisotopic (exact) mass is 391 g/mol. The Morgan fingerprint density at radius 3 is 1.87 bits per heavy atom. The smallest absolute Gasteiger partial charge is 0.220 e. The highest BCUT2D eigenvalue weighted by Gasteiger charge is 2.25. The molecule has 2 heterocycles. The predicted octanol–water partition coefficient (Wildman–Crippen LogP) is 6.41. The van der Waals surface area contributed by atoms with E-state index in [0.717, 1.165) is 28.1 Å². The van der Waals surface area contributed by atoms with E-state index < -0.39 is 5.95 Å². The Morgan fingerprint density at radius 1 is 0.633 bits per heavy atom. The maximum atomic E-state index is 14.9. The molecule has 0 aliphatic heterocycles. The van der Waals surface area contributed by atoms with E-state index in [0.29, 0.717) is 11.3 Å². The lowest BCUT2D eigenvalue weighted by molar-refractivity contribution is 0.587. The third kappa shape index (κ3) is 3.18. The molecule has 0 radical (unpaired) electrons. The minimum atomic E-state index is -0.514. The Kier molecular flexibility index (Phi) is 4.66. The Balaban J connectivity index is 1.91. The molecule has 5 rings (SSSR count). The van der Waals surface area contributed by atoms with Crippen molar-refractivity contribution in [3.63, 3.8) is 0 Å². The molecule has 0 fully saturated rings. The molecule has 0 spiro atoms. The van der Waals surface area contributed by atoms with Gasteiger partial charge in [-0.3, -0.25) is 0 Å². The third-order valence-electron chi connectivity index (χ3n) is 5.01. The molecule has 0 atom stereocenters. The van der Waals surface area contributed by atoms with Crippen LogP contribution in [0.2, 0.25) is 0 Å². The first kappa shape index (κ1) is 18.0. The molecule has 0 aliphatic rings. The average molecular weight is 391 g/mol. The van der Waals surface area contributed by atoms with Gasteiger partial charge in [0.1, 0.15) is 5.69 Å². The van der Waals surface area contributed by atoms with Gasteiger partial charge in [0.2, 0.25) is 5.95 Å². The van der Waals surface area contributed by atoms with Crippen LogP contribution >= 0.6 is 0 Å². The molecule has 0 saturated heterocycles. The second-order valence-corrected chi connectivity index (χ2v) is 6.89. The molecule has 144 valence electrons. The van der Waals surface area contributed by atoms with Gasteiger partial charge in [-0.1, -0.05) is 78.9 Å². The zero-order valence-electron chi connectivity index (χ0n) is 16.1. The van der Waals surface area contributed by atoms with Crippen LogP contribution in [0.1, 0.15) is 0 Å². The number of hydrogen-bond donors (Lipinski definition) is 0. The molecule has 0 bridgehead atoms. The largest absolute Gasteiger partial charge is 0.232 e. The summed E-state index contributed by atoms with van der Waals surface area (Å²) in [6.07, 6.45) is 1.46. The summed E-state index contributed by atoms with van der Waals surface area (Å²) in [5.41, 5.74) is 5.47. The fraction of sp³-hybridized carbons (Fsp3) is 0. The number of aromatic nitrogens is 3. The highest BCUT2D eigenvalue weighted by Crippen LogP contribution is 2.41. The summed E-state index contributed by atoms with van der Waals surface area (Å²) in [6, 6.07) is 33.2. The summed E-state index contributed by atoms with van der Waals surface area (Å²) in [5.74, 6) is -0.514. The number of nitrogens with zero attached hydrogens (tertiary/aromatic N) is 3. The summed E-state index contributed by atoms with van der Waals surface area (Å²) in [4.78, 5) is 3.90. The van der Waals surface area contributed by atoms with Crippen molar-refractivity contribution in [2.45, 2.75) is 0 Å². The second-order valence-electron chi connectivity index (χ2n) is 6.89. The van der Waals surface area contributed by atoms with E-state index in [-0.39, 0.29) is 0 Å². The number of pyridine rings is 1. The summed E-state index contributed by atoms with van der Waals surface area (Å²) < 4.78 is 16.8. The predicted molar refractivity (Wildman–Crippen MR) is 118 cm³/mol. The third-order valence-corrected chi connectivity index (χ3v) is 5.01. The van der Waals surface area contributed by atoms with Gasteiger partial charge in [-0.25, -0.2) is 9.67 Å². The first-order valence-corrected chi connectivity index (χ1v) is 9.73. The van der Waals surface area contributed by atoms with E-state index in [4.69, 9.17) is 5.10 Å². The van der Waals surface area contributed by atoms with Crippen molar-refractivity contribution in [1.29, 1.82) is 0 Å². The van der Waals surface area contributed by atoms with Gasteiger partial charge in [0.25, 0.3) is 0 Å². The van der Waals surface area contributed by atoms with Crippen molar-refractivity contribution in [2.75, 3.05) is 0 Å². The Hall–Kier alpha value is -4.05. The van der Waals surface area contributed by atoms with Gasteiger partial charge in [-0.2, -0.15) is 9.49 Å². The van der Waals surface area contributed by atoms with E-state index in [1.807, 2.05) is 95.7 Å². The zero-order valence-corrected chi connectivity index (χ0v) is 16.1. The number of hydrogen-bond acceptors (Lipinski definition) is 2. The van der Waals surface area contributed by atoms with E-state index in [1.54, 1.807) is 12.1 Å². The van der Waals surface area contributed by atoms with Crippen LogP contribution in [0, 0.1) is 5.95 Å². The minimum Gasteiger partial charge on any atom is -0.232 e. The maximum Gasteiger partial charge on any atom is 0.220 e. The highest BCUT2D eigenvalue weighted by molar-refractivity contribution is 5.92. The van der Waals surface area contributed by atoms with Gasteiger partial charge in [-0.05, 0) is 24.3 Å². The molecule has 0 saturated carbocycles. The zero-order chi connectivity index (χ0) is 20.3. The first-order chi connectivity index (χ1) is 14.8. The summed E-state index contributed by atoms with van der Waals surface area (Å²) in [7, 11) is 0. The Morgan fingerprint density at radius 2 is 1.23 bits per heavy atom. The van der Waals surface area contributed by atoms with Crippen molar-refractivity contribution >= 4 is 0 Å².